The summed E-state index contributed by atoms with van der Waals surface area (Å²) in [7, 11) is 0. The third-order valence-corrected chi connectivity index (χ3v) is 6.21. The van der Waals surface area contributed by atoms with Gasteiger partial charge in [-0.25, -0.2) is 0 Å². The smallest absolute Gasteiger partial charge is 0.309 e. The average molecular weight is 476 g/mol. The van der Waals surface area contributed by atoms with Gasteiger partial charge in [0.15, 0.2) is 0 Å². The summed E-state index contributed by atoms with van der Waals surface area (Å²) in [6.07, 6.45) is 0.426. The normalized spacial score (nSPS) is 18.4. The van der Waals surface area contributed by atoms with Crippen LogP contribution in [-0.4, -0.2) is 69.2 Å². The molecular weight excluding hydrogens is 442 g/mol. The summed E-state index contributed by atoms with van der Waals surface area (Å²) in [5, 5.41) is 19.8. The van der Waals surface area contributed by atoms with Gasteiger partial charge >= 0.3 is 11.9 Å². The maximum atomic E-state index is 12.8. The summed E-state index contributed by atoms with van der Waals surface area (Å²) in [6.45, 7) is 6.58. The van der Waals surface area contributed by atoms with Gasteiger partial charge < -0.3 is 30.5 Å². The van der Waals surface area contributed by atoms with E-state index in [1.807, 2.05) is 12.1 Å². The van der Waals surface area contributed by atoms with E-state index < -0.39 is 35.1 Å². The highest BCUT2D eigenvalue weighted by Crippen LogP contribution is 2.33. The maximum Gasteiger partial charge on any atom is 0.309 e. The molecule has 186 valence electrons. The van der Waals surface area contributed by atoms with Gasteiger partial charge in [-0.3, -0.25) is 19.2 Å². The summed E-state index contributed by atoms with van der Waals surface area (Å²) in [5.41, 5.74) is 5.79. The number of nitrogens with zero attached hydrogens (tertiary/aromatic N) is 2. The Bertz CT molecular complexity index is 977. The molecule has 2 aliphatic rings. The number of rotatable bonds is 8. The largest absolute Gasteiger partial charge is 0.481 e. The number of benzene rings is 1. The number of primary amides is 1. The van der Waals surface area contributed by atoms with Crippen molar-refractivity contribution >= 4 is 29.4 Å². The van der Waals surface area contributed by atoms with E-state index in [1.165, 1.54) is 4.90 Å². The van der Waals surface area contributed by atoms with E-state index in [1.54, 1.807) is 26.8 Å². The zero-order valence-corrected chi connectivity index (χ0v) is 19.9. The van der Waals surface area contributed by atoms with Gasteiger partial charge in [-0.2, -0.15) is 0 Å². The first kappa shape index (κ1) is 25.5. The molecule has 0 unspecified atom stereocenters. The van der Waals surface area contributed by atoms with E-state index in [2.05, 4.69) is 4.90 Å². The van der Waals surface area contributed by atoms with Crippen LogP contribution in [0.1, 0.15) is 68.8 Å². The predicted molar refractivity (Wildman–Crippen MR) is 123 cm³/mol. The summed E-state index contributed by atoms with van der Waals surface area (Å²) in [6, 6.07) is 4.40. The molecule has 10 heteroatoms. The molecule has 1 aromatic carbocycles. The van der Waals surface area contributed by atoms with Crippen molar-refractivity contribution in [1.29, 1.82) is 0 Å². The number of hydrogen-bond donors (Lipinski definition) is 3. The van der Waals surface area contributed by atoms with Gasteiger partial charge in [0.25, 0.3) is 5.91 Å². The second kappa shape index (κ2) is 9.61. The number of anilines is 1. The van der Waals surface area contributed by atoms with Gasteiger partial charge in [0.2, 0.25) is 5.91 Å². The van der Waals surface area contributed by atoms with E-state index in [-0.39, 0.29) is 31.7 Å². The lowest BCUT2D eigenvalue weighted by molar-refractivity contribution is -0.161. The van der Waals surface area contributed by atoms with Crippen LogP contribution in [0.25, 0.3) is 0 Å². The molecule has 0 radical (unpaired) electrons. The molecule has 0 aromatic heterocycles. The first-order chi connectivity index (χ1) is 15.8. The summed E-state index contributed by atoms with van der Waals surface area (Å²) >= 11 is 0. The van der Waals surface area contributed by atoms with Gasteiger partial charge in [-0.15, -0.1) is 0 Å². The van der Waals surface area contributed by atoms with Gasteiger partial charge in [0.1, 0.15) is 11.6 Å². The Kier molecular flexibility index (Phi) is 7.21. The van der Waals surface area contributed by atoms with E-state index in [0.717, 1.165) is 11.3 Å². The number of piperidine rings is 1. The molecule has 1 fully saturated rings. The van der Waals surface area contributed by atoms with Crippen molar-refractivity contribution in [2.75, 3.05) is 18.0 Å². The van der Waals surface area contributed by atoms with Crippen molar-refractivity contribution in [1.82, 2.24) is 4.90 Å². The van der Waals surface area contributed by atoms with Crippen molar-refractivity contribution in [2.45, 2.75) is 76.7 Å². The first-order valence-electron chi connectivity index (χ1n) is 11.4. The Morgan fingerprint density at radius 2 is 1.85 bits per heavy atom. The van der Waals surface area contributed by atoms with Crippen LogP contribution in [0.5, 0.6) is 0 Å². The van der Waals surface area contributed by atoms with Crippen LogP contribution in [0.4, 0.5) is 5.69 Å². The summed E-state index contributed by atoms with van der Waals surface area (Å²) < 4.78 is 5.34. The number of hydrogen-bond acceptors (Lipinski definition) is 7. The van der Waals surface area contributed by atoms with Crippen molar-refractivity contribution in [3.05, 3.63) is 29.3 Å². The molecule has 0 saturated carbocycles. The highest BCUT2D eigenvalue weighted by molar-refractivity contribution is 6.01. The van der Waals surface area contributed by atoms with Gasteiger partial charge in [-0.05, 0) is 63.8 Å². The molecule has 2 aliphatic heterocycles. The molecule has 1 aromatic rings. The van der Waals surface area contributed by atoms with Gasteiger partial charge in [0, 0.05) is 37.3 Å². The van der Waals surface area contributed by atoms with Crippen LogP contribution in [0.3, 0.4) is 0 Å². The van der Waals surface area contributed by atoms with Crippen molar-refractivity contribution in [3.8, 4) is 0 Å². The Labute approximate surface area is 198 Å². The van der Waals surface area contributed by atoms with Crippen molar-refractivity contribution < 1.29 is 34.1 Å². The second-order valence-electron chi connectivity index (χ2n) is 10.1. The molecule has 1 atom stereocenters. The molecule has 10 nitrogen and oxygen atoms in total. The minimum Gasteiger partial charge on any atom is -0.481 e. The number of amides is 2. The number of aliphatic hydroxyl groups is 1. The van der Waals surface area contributed by atoms with Crippen LogP contribution in [0, 0.1) is 0 Å². The number of carboxylic acids is 1. The standard InChI is InChI=1S/C24H33N3O7/c1-23(2,3)34-20(30)13-24(33)8-10-26(11-9-24)16-4-5-17-15(12-16)14-27(22(17)32)18(21(25)31)6-7-19(28)29/h4-5,12,18,33H,6-11,13-14H2,1-3H3,(H2,25,31)(H,28,29)/t18-/m0/s1. The van der Waals surface area contributed by atoms with Crippen LogP contribution in [-0.2, 0) is 25.7 Å². The number of ether oxygens (including phenoxy) is 1. The van der Waals surface area contributed by atoms with Crippen LogP contribution < -0.4 is 10.6 Å². The SMILES string of the molecule is CC(C)(C)OC(=O)CC1(O)CCN(c2ccc3c(c2)CN([C@@H](CCC(=O)O)C(N)=O)C3=O)CC1. The number of esters is 1. The quantitative estimate of drug-likeness (QED) is 0.478. The van der Waals surface area contributed by atoms with E-state index in [0.29, 0.717) is 31.5 Å². The lowest BCUT2D eigenvalue weighted by Gasteiger charge is -2.39. The lowest BCUT2D eigenvalue weighted by atomic mass is 9.88. The number of carbonyl (C=O) groups is 4. The fourth-order valence-corrected chi connectivity index (χ4v) is 4.49. The second-order valence-corrected chi connectivity index (χ2v) is 10.1. The average Bonchev–Trinajstić information content (AvgIpc) is 3.02. The number of carbonyl (C=O) groups excluding carboxylic acids is 3. The Hall–Kier alpha value is -3.14. The van der Waals surface area contributed by atoms with Crippen LogP contribution in [0.15, 0.2) is 18.2 Å². The lowest BCUT2D eigenvalue weighted by Crippen LogP contribution is -2.46. The van der Waals surface area contributed by atoms with Crippen LogP contribution in [0.2, 0.25) is 0 Å². The third kappa shape index (κ3) is 6.05. The fourth-order valence-electron chi connectivity index (χ4n) is 4.49. The number of carboxylic acid groups (broad SMARTS) is 1. The molecule has 34 heavy (non-hydrogen) atoms. The minimum absolute atomic E-state index is 0.0421. The molecule has 0 aliphatic carbocycles. The number of nitrogens with two attached hydrogens (primary N) is 1. The fraction of sp³-hybridized carbons (Fsp3) is 0.583. The maximum absolute atomic E-state index is 12.8. The molecule has 4 N–H and O–H groups in total. The van der Waals surface area contributed by atoms with Crippen LogP contribution >= 0.6 is 0 Å². The minimum atomic E-state index is -1.12. The zero-order chi connectivity index (χ0) is 25.3. The van der Waals surface area contributed by atoms with Gasteiger partial charge in [-0.1, -0.05) is 0 Å². The van der Waals surface area contributed by atoms with Gasteiger partial charge in [0.05, 0.1) is 12.0 Å². The van der Waals surface area contributed by atoms with E-state index in [9.17, 15) is 24.3 Å². The molecule has 3 rings (SSSR count). The molecule has 0 spiro atoms. The highest BCUT2D eigenvalue weighted by atomic mass is 16.6. The van der Waals surface area contributed by atoms with E-state index in [4.69, 9.17) is 15.6 Å². The Balaban J connectivity index is 1.65. The highest BCUT2D eigenvalue weighted by Gasteiger charge is 2.38. The van der Waals surface area contributed by atoms with Crippen molar-refractivity contribution in [2.24, 2.45) is 5.73 Å². The topological polar surface area (TPSA) is 150 Å². The third-order valence-electron chi connectivity index (χ3n) is 6.21. The molecular formula is C24H33N3O7. The predicted octanol–water partition coefficient (Wildman–Crippen LogP) is 1.42. The Morgan fingerprint density at radius 1 is 1.21 bits per heavy atom. The first-order valence-corrected chi connectivity index (χ1v) is 11.4. The number of aliphatic carboxylic acids is 1. The summed E-state index contributed by atoms with van der Waals surface area (Å²) in [5.74, 6) is -2.56. The van der Waals surface area contributed by atoms with Crippen molar-refractivity contribution in [3.63, 3.8) is 0 Å². The van der Waals surface area contributed by atoms with E-state index >= 15 is 0 Å². The molecule has 2 amide bonds. The molecule has 2 heterocycles. The molecule has 0 bridgehead atoms. The Morgan fingerprint density at radius 3 is 2.41 bits per heavy atom. The number of fused-ring (bicyclic) bond motifs is 1. The zero-order valence-electron chi connectivity index (χ0n) is 19.9. The summed E-state index contributed by atoms with van der Waals surface area (Å²) in [4.78, 5) is 51.2. The monoisotopic (exact) mass is 475 g/mol. The molecule has 1 saturated heterocycles.